The number of nitrogens with zero attached hydrogens (tertiary/aromatic N) is 1. The van der Waals surface area contributed by atoms with Crippen molar-refractivity contribution in [2.75, 3.05) is 0 Å². The summed E-state index contributed by atoms with van der Waals surface area (Å²) in [5.74, 6) is 4.20. The predicted molar refractivity (Wildman–Crippen MR) is 29.7 cm³/mol. The zero-order chi connectivity index (χ0) is 6.85. The average Bonchev–Trinajstić information content (AvgIpc) is 2.13. The molecule has 5 heteroatoms. The normalized spacial score (nSPS) is 24.1. The van der Waals surface area contributed by atoms with E-state index >= 15 is 0 Å². The van der Waals surface area contributed by atoms with Crippen molar-refractivity contribution in [3.8, 4) is 0 Å². The van der Waals surface area contributed by atoms with Crippen molar-refractivity contribution in [1.29, 1.82) is 0 Å². The van der Waals surface area contributed by atoms with Gasteiger partial charge in [-0.1, -0.05) is 0 Å². The summed E-state index contributed by atoms with van der Waals surface area (Å²) < 4.78 is 0. The van der Waals surface area contributed by atoms with Gasteiger partial charge in [0.2, 0.25) is 6.17 Å². The maximum atomic E-state index is 10.2. The Labute approximate surface area is 51.7 Å². The molecule has 4 N–H and O–H groups in total. The molecule has 0 saturated heterocycles. The minimum absolute atomic E-state index is 0.801. The van der Waals surface area contributed by atoms with E-state index in [1.807, 2.05) is 0 Å². The maximum Gasteiger partial charge on any atom is 0.348 e. The largest absolute Gasteiger partial charge is 0.478 e. The van der Waals surface area contributed by atoms with E-state index in [0.29, 0.717) is 0 Å². The zero-order valence-electron chi connectivity index (χ0n) is 4.61. The Bertz CT molecular complexity index is 156. The van der Waals surface area contributed by atoms with Crippen molar-refractivity contribution < 1.29 is 9.90 Å². The summed E-state index contributed by atoms with van der Waals surface area (Å²) in [6, 6.07) is 0. The number of hydrogen-bond donors (Lipinski definition) is 3. The Hall–Kier alpha value is -1.23. The summed E-state index contributed by atoms with van der Waals surface area (Å²) in [5, 5.41) is 12.0. The van der Waals surface area contributed by atoms with E-state index in [9.17, 15) is 4.79 Å². The first kappa shape index (κ1) is 5.90. The highest BCUT2D eigenvalue weighted by Crippen LogP contribution is 1.96. The topological polar surface area (TPSA) is 78.6 Å². The van der Waals surface area contributed by atoms with Crippen LogP contribution < -0.4 is 11.2 Å². The van der Waals surface area contributed by atoms with Crippen molar-refractivity contribution in [2.24, 2.45) is 5.84 Å². The molecular formula is C4H7N3O2. The van der Waals surface area contributed by atoms with Crippen LogP contribution >= 0.6 is 0 Å². The first-order chi connectivity index (χ1) is 4.22. The van der Waals surface area contributed by atoms with E-state index in [0.717, 1.165) is 5.01 Å². The minimum atomic E-state index is -0.984. The van der Waals surface area contributed by atoms with Crippen LogP contribution in [-0.2, 0) is 4.79 Å². The van der Waals surface area contributed by atoms with Gasteiger partial charge in [0, 0.05) is 12.4 Å². The summed E-state index contributed by atoms with van der Waals surface area (Å²) in [7, 11) is 0. The fraction of sp³-hybridized carbons (Fsp3) is 0.250. The van der Waals surface area contributed by atoms with E-state index in [1.165, 1.54) is 12.4 Å². The molecule has 0 radical (unpaired) electrons. The average molecular weight is 129 g/mol. The molecule has 0 spiro atoms. The lowest BCUT2D eigenvalue weighted by Gasteiger charge is -2.14. The standard InChI is InChI=1S/C4H7N3O2/c5-7-2-1-6-3(7)4(8)9/h1-3,6H,5H2,(H,8,9). The Morgan fingerprint density at radius 2 is 2.56 bits per heavy atom. The number of nitrogens with one attached hydrogen (secondary N) is 1. The van der Waals surface area contributed by atoms with Crippen molar-refractivity contribution in [3.63, 3.8) is 0 Å². The summed E-state index contributed by atoms with van der Waals surface area (Å²) in [6.07, 6.45) is 2.14. The molecule has 0 saturated carbocycles. The van der Waals surface area contributed by atoms with Crippen LogP contribution in [0.5, 0.6) is 0 Å². The molecule has 9 heavy (non-hydrogen) atoms. The quantitative estimate of drug-likeness (QED) is 0.381. The fourth-order valence-corrected chi connectivity index (χ4v) is 0.591. The highest BCUT2D eigenvalue weighted by atomic mass is 16.4. The lowest BCUT2D eigenvalue weighted by Crippen LogP contribution is -2.45. The molecule has 0 aromatic carbocycles. The first-order valence-electron chi connectivity index (χ1n) is 2.40. The van der Waals surface area contributed by atoms with Crippen LogP contribution in [0.25, 0.3) is 0 Å². The van der Waals surface area contributed by atoms with E-state index in [1.54, 1.807) is 0 Å². The van der Waals surface area contributed by atoms with Crippen molar-refractivity contribution in [3.05, 3.63) is 12.4 Å². The van der Waals surface area contributed by atoms with Gasteiger partial charge in [0.15, 0.2) is 0 Å². The number of carboxylic acid groups (broad SMARTS) is 1. The van der Waals surface area contributed by atoms with Gasteiger partial charge in [-0.05, 0) is 0 Å². The third-order valence-corrected chi connectivity index (χ3v) is 1.03. The van der Waals surface area contributed by atoms with Gasteiger partial charge in [-0.25, -0.2) is 10.6 Å². The van der Waals surface area contributed by atoms with Crippen LogP contribution in [0.15, 0.2) is 12.4 Å². The molecule has 1 aliphatic rings. The van der Waals surface area contributed by atoms with Crippen LogP contribution in [0, 0.1) is 0 Å². The lowest BCUT2D eigenvalue weighted by molar-refractivity contribution is -0.142. The highest BCUT2D eigenvalue weighted by molar-refractivity contribution is 5.73. The third-order valence-electron chi connectivity index (χ3n) is 1.03. The second kappa shape index (κ2) is 1.94. The molecule has 0 aliphatic carbocycles. The molecule has 1 aliphatic heterocycles. The molecule has 1 heterocycles. The molecule has 1 atom stereocenters. The van der Waals surface area contributed by atoms with Crippen molar-refractivity contribution in [1.82, 2.24) is 10.3 Å². The summed E-state index contributed by atoms with van der Waals surface area (Å²) in [6.45, 7) is 0. The number of hydrazine groups is 1. The van der Waals surface area contributed by atoms with Crippen molar-refractivity contribution in [2.45, 2.75) is 6.17 Å². The van der Waals surface area contributed by atoms with Gasteiger partial charge in [-0.2, -0.15) is 0 Å². The van der Waals surface area contributed by atoms with Crippen molar-refractivity contribution >= 4 is 5.97 Å². The molecule has 0 fully saturated rings. The molecule has 5 nitrogen and oxygen atoms in total. The smallest absolute Gasteiger partial charge is 0.348 e. The molecule has 0 aromatic heterocycles. The Morgan fingerprint density at radius 3 is 2.78 bits per heavy atom. The van der Waals surface area contributed by atoms with E-state index < -0.39 is 12.1 Å². The molecular weight excluding hydrogens is 122 g/mol. The Kier molecular flexibility index (Phi) is 1.27. The molecule has 0 amide bonds. The number of carboxylic acids is 1. The second-order valence-corrected chi connectivity index (χ2v) is 1.67. The van der Waals surface area contributed by atoms with Crippen LogP contribution in [0.2, 0.25) is 0 Å². The number of hydrogen-bond acceptors (Lipinski definition) is 4. The minimum Gasteiger partial charge on any atom is -0.478 e. The molecule has 0 bridgehead atoms. The van der Waals surface area contributed by atoms with E-state index in [-0.39, 0.29) is 0 Å². The molecule has 1 unspecified atom stereocenters. The second-order valence-electron chi connectivity index (χ2n) is 1.67. The molecule has 0 aromatic rings. The lowest BCUT2D eigenvalue weighted by atomic mass is 10.5. The van der Waals surface area contributed by atoms with Gasteiger partial charge in [0.05, 0.1) is 0 Å². The number of nitrogens with two attached hydrogens (primary N) is 1. The van der Waals surface area contributed by atoms with Gasteiger partial charge >= 0.3 is 5.97 Å². The fourth-order valence-electron chi connectivity index (χ4n) is 0.591. The van der Waals surface area contributed by atoms with Crippen LogP contribution in [0.4, 0.5) is 0 Å². The van der Waals surface area contributed by atoms with Gasteiger partial charge in [0.25, 0.3) is 0 Å². The maximum absolute atomic E-state index is 10.2. The number of aliphatic carboxylic acids is 1. The van der Waals surface area contributed by atoms with Gasteiger partial charge in [0.1, 0.15) is 0 Å². The zero-order valence-corrected chi connectivity index (χ0v) is 4.61. The highest BCUT2D eigenvalue weighted by Gasteiger charge is 2.22. The number of carbonyl (C=O) groups is 1. The monoisotopic (exact) mass is 129 g/mol. The third kappa shape index (κ3) is 0.945. The Balaban J connectivity index is 2.55. The molecule has 1 rings (SSSR count). The predicted octanol–water partition coefficient (Wildman–Crippen LogP) is -1.35. The SMILES string of the molecule is NN1C=CNC1C(=O)O. The van der Waals surface area contributed by atoms with Gasteiger partial charge in [-0.15, -0.1) is 0 Å². The van der Waals surface area contributed by atoms with E-state index in [2.05, 4.69) is 5.32 Å². The Morgan fingerprint density at radius 1 is 1.89 bits per heavy atom. The van der Waals surface area contributed by atoms with Crippen LogP contribution in [0.3, 0.4) is 0 Å². The summed E-state index contributed by atoms with van der Waals surface area (Å²) in [4.78, 5) is 10.2. The van der Waals surface area contributed by atoms with Gasteiger partial charge < -0.3 is 10.4 Å². The van der Waals surface area contributed by atoms with Crippen LogP contribution in [-0.4, -0.2) is 22.3 Å². The molecule has 50 valence electrons. The number of rotatable bonds is 1. The van der Waals surface area contributed by atoms with E-state index in [4.69, 9.17) is 10.9 Å². The summed E-state index contributed by atoms with van der Waals surface area (Å²) >= 11 is 0. The van der Waals surface area contributed by atoms with Gasteiger partial charge in [-0.3, -0.25) is 5.01 Å². The summed E-state index contributed by atoms with van der Waals surface area (Å²) in [5.41, 5.74) is 0. The van der Waals surface area contributed by atoms with Crippen LogP contribution in [0.1, 0.15) is 0 Å². The first-order valence-corrected chi connectivity index (χ1v) is 2.40.